The number of nitrogens with zero attached hydrogens (tertiary/aromatic N) is 3. The van der Waals surface area contributed by atoms with Crippen molar-refractivity contribution in [2.24, 2.45) is 5.73 Å². The predicted molar refractivity (Wildman–Crippen MR) is 78.5 cm³/mol. The van der Waals surface area contributed by atoms with Crippen molar-refractivity contribution < 1.29 is 24.1 Å². The van der Waals surface area contributed by atoms with E-state index in [1.54, 1.807) is 0 Å². The van der Waals surface area contributed by atoms with Crippen molar-refractivity contribution in [2.45, 2.75) is 30.8 Å². The fraction of sp³-hybridized carbons (Fsp3) is 0.400. The molecule has 1 unspecified atom stereocenters. The molecule has 24 heavy (non-hydrogen) atoms. The van der Waals surface area contributed by atoms with E-state index in [1.165, 1.54) is 11.0 Å². The Labute approximate surface area is 136 Å². The van der Waals surface area contributed by atoms with E-state index in [-0.39, 0.29) is 12.4 Å². The summed E-state index contributed by atoms with van der Waals surface area (Å²) in [6, 6.07) is 9.49. The van der Waals surface area contributed by atoms with Crippen molar-refractivity contribution in [1.82, 2.24) is 14.8 Å². The molecule has 3 heterocycles. The fourth-order valence-electron chi connectivity index (χ4n) is 2.97. The third-order valence-electron chi connectivity index (χ3n) is 4.09. The number of hydrogen-bond acceptors (Lipinski definition) is 7. The second-order valence-electron chi connectivity index (χ2n) is 5.60. The highest BCUT2D eigenvalue weighted by Crippen LogP contribution is 2.43. The van der Waals surface area contributed by atoms with Crippen LogP contribution in [-0.4, -0.2) is 50.7 Å². The lowest BCUT2D eigenvalue weighted by molar-refractivity contribution is -0.156. The number of rotatable bonds is 4. The first-order chi connectivity index (χ1) is 11.7. The van der Waals surface area contributed by atoms with E-state index in [2.05, 4.69) is 10.1 Å². The van der Waals surface area contributed by atoms with Crippen molar-refractivity contribution in [2.75, 3.05) is 6.61 Å². The fourth-order valence-corrected chi connectivity index (χ4v) is 2.97. The SMILES string of the molecule is NC(=O)c1ncn([C@@H]2O[C@H](CO)C3O[C@H](c4ccccc4)O[C@H]32)n1. The lowest BCUT2D eigenvalue weighted by Gasteiger charge is -2.19. The van der Waals surface area contributed by atoms with Gasteiger partial charge in [0, 0.05) is 5.56 Å². The molecule has 0 radical (unpaired) electrons. The van der Waals surface area contributed by atoms with Crippen LogP contribution in [0.5, 0.6) is 0 Å². The van der Waals surface area contributed by atoms with Gasteiger partial charge in [-0.25, -0.2) is 9.67 Å². The molecule has 126 valence electrons. The lowest BCUT2D eigenvalue weighted by atomic mass is 10.1. The zero-order chi connectivity index (χ0) is 16.7. The van der Waals surface area contributed by atoms with Gasteiger partial charge in [-0.05, 0) is 0 Å². The number of hydrogen-bond donors (Lipinski definition) is 2. The van der Waals surface area contributed by atoms with Gasteiger partial charge < -0.3 is 25.1 Å². The molecule has 9 nitrogen and oxygen atoms in total. The molecule has 0 spiro atoms. The average molecular weight is 332 g/mol. The van der Waals surface area contributed by atoms with E-state index >= 15 is 0 Å². The van der Waals surface area contributed by atoms with Crippen LogP contribution in [0.2, 0.25) is 0 Å². The second kappa shape index (κ2) is 5.95. The highest BCUT2D eigenvalue weighted by atomic mass is 16.8. The largest absolute Gasteiger partial charge is 0.394 e. The minimum Gasteiger partial charge on any atom is -0.394 e. The van der Waals surface area contributed by atoms with Gasteiger partial charge in [-0.15, -0.1) is 5.10 Å². The number of ether oxygens (including phenoxy) is 3. The summed E-state index contributed by atoms with van der Waals surface area (Å²) in [7, 11) is 0. The van der Waals surface area contributed by atoms with Gasteiger partial charge in [0.05, 0.1) is 6.61 Å². The number of nitrogens with two attached hydrogens (primary N) is 1. The number of carbonyl (C=O) groups is 1. The van der Waals surface area contributed by atoms with E-state index in [9.17, 15) is 9.90 Å². The van der Waals surface area contributed by atoms with Crippen molar-refractivity contribution in [3.05, 3.63) is 48.0 Å². The Morgan fingerprint density at radius 3 is 2.62 bits per heavy atom. The molecular formula is C15H16N4O5. The summed E-state index contributed by atoms with van der Waals surface area (Å²) in [4.78, 5) is 15.0. The second-order valence-corrected chi connectivity index (χ2v) is 5.60. The summed E-state index contributed by atoms with van der Waals surface area (Å²) in [5.74, 6) is -0.839. The van der Waals surface area contributed by atoms with Gasteiger partial charge in [-0.3, -0.25) is 4.79 Å². The predicted octanol–water partition coefficient (Wildman–Crippen LogP) is -0.251. The van der Waals surface area contributed by atoms with Gasteiger partial charge in [0.25, 0.3) is 5.91 Å². The zero-order valence-electron chi connectivity index (χ0n) is 12.6. The topological polar surface area (TPSA) is 122 Å². The Hall–Kier alpha value is -2.33. The Kier molecular flexibility index (Phi) is 3.77. The molecule has 9 heteroatoms. The molecular weight excluding hydrogens is 316 g/mol. The Morgan fingerprint density at radius 2 is 1.96 bits per heavy atom. The van der Waals surface area contributed by atoms with Crippen LogP contribution in [0.15, 0.2) is 36.7 Å². The normalized spacial score (nSPS) is 32.0. The van der Waals surface area contributed by atoms with Crippen LogP contribution in [0.4, 0.5) is 0 Å². The van der Waals surface area contributed by atoms with Crippen LogP contribution in [-0.2, 0) is 14.2 Å². The molecule has 2 saturated heterocycles. The molecule has 0 bridgehead atoms. The standard InChI is InChI=1S/C15H16N4O5/c16-12(21)13-17-7-19(18-13)14-11-10(9(6-20)22-14)23-15(24-11)8-4-2-1-3-5-8/h1-5,7,9-11,14-15,20H,6H2,(H2,16,21)/t9-,10?,11-,14-,15+/m1/s1. The molecule has 4 rings (SSSR count). The van der Waals surface area contributed by atoms with Crippen molar-refractivity contribution in [3.8, 4) is 0 Å². The van der Waals surface area contributed by atoms with E-state index in [1.807, 2.05) is 30.3 Å². The molecule has 1 amide bonds. The number of carbonyl (C=O) groups excluding carboxylic acids is 1. The van der Waals surface area contributed by atoms with Gasteiger partial charge >= 0.3 is 0 Å². The molecule has 2 aliphatic rings. The highest BCUT2D eigenvalue weighted by molar-refractivity contribution is 5.88. The maximum absolute atomic E-state index is 11.2. The van der Waals surface area contributed by atoms with Gasteiger partial charge in [-0.2, -0.15) is 0 Å². The Balaban J connectivity index is 1.59. The summed E-state index contributed by atoms with van der Waals surface area (Å²) in [5, 5.41) is 13.6. The monoisotopic (exact) mass is 332 g/mol. The molecule has 5 atom stereocenters. The number of aromatic nitrogens is 3. The number of aliphatic hydroxyl groups excluding tert-OH is 1. The van der Waals surface area contributed by atoms with Gasteiger partial charge in [0.2, 0.25) is 5.82 Å². The summed E-state index contributed by atoms with van der Waals surface area (Å²) in [6.07, 6.45) is -1.38. The van der Waals surface area contributed by atoms with Gasteiger partial charge in [0.1, 0.15) is 24.6 Å². The quantitative estimate of drug-likeness (QED) is 0.791. The molecule has 2 fully saturated rings. The van der Waals surface area contributed by atoms with Gasteiger partial charge in [-0.1, -0.05) is 30.3 Å². The van der Waals surface area contributed by atoms with Crippen LogP contribution < -0.4 is 5.73 Å². The number of primary amides is 1. The van der Waals surface area contributed by atoms with Crippen molar-refractivity contribution in [3.63, 3.8) is 0 Å². The summed E-state index contributed by atoms with van der Waals surface area (Å²) < 4.78 is 19.0. The van der Waals surface area contributed by atoms with Crippen molar-refractivity contribution in [1.29, 1.82) is 0 Å². The Morgan fingerprint density at radius 1 is 1.21 bits per heavy atom. The van der Waals surface area contributed by atoms with E-state index < -0.39 is 36.7 Å². The first kappa shape index (κ1) is 15.2. The van der Waals surface area contributed by atoms with E-state index in [4.69, 9.17) is 19.9 Å². The summed E-state index contributed by atoms with van der Waals surface area (Å²) in [5.41, 5.74) is 6.04. The molecule has 0 saturated carbocycles. The maximum atomic E-state index is 11.2. The first-order valence-electron chi connectivity index (χ1n) is 7.50. The number of amides is 1. The first-order valence-corrected chi connectivity index (χ1v) is 7.50. The molecule has 1 aromatic heterocycles. The zero-order valence-corrected chi connectivity index (χ0v) is 12.6. The molecule has 3 N–H and O–H groups in total. The molecule has 2 aliphatic heterocycles. The Bertz CT molecular complexity index is 736. The number of benzene rings is 1. The molecule has 2 aromatic rings. The average Bonchev–Trinajstić information content (AvgIpc) is 3.30. The summed E-state index contributed by atoms with van der Waals surface area (Å²) >= 11 is 0. The van der Waals surface area contributed by atoms with Crippen LogP contribution in [0.3, 0.4) is 0 Å². The number of fused-ring (bicyclic) bond motifs is 1. The molecule has 0 aliphatic carbocycles. The van der Waals surface area contributed by atoms with Crippen LogP contribution in [0.25, 0.3) is 0 Å². The van der Waals surface area contributed by atoms with Crippen LogP contribution >= 0.6 is 0 Å². The minimum atomic E-state index is -0.729. The highest BCUT2D eigenvalue weighted by Gasteiger charge is 2.53. The van der Waals surface area contributed by atoms with Crippen LogP contribution in [0, 0.1) is 0 Å². The van der Waals surface area contributed by atoms with E-state index in [0.717, 1.165) is 5.56 Å². The minimum absolute atomic E-state index is 0.110. The maximum Gasteiger partial charge on any atom is 0.288 e. The lowest BCUT2D eigenvalue weighted by Crippen LogP contribution is -2.30. The summed E-state index contributed by atoms with van der Waals surface area (Å²) in [6.45, 7) is -0.222. The smallest absolute Gasteiger partial charge is 0.288 e. The van der Waals surface area contributed by atoms with Crippen LogP contribution in [0.1, 0.15) is 28.7 Å². The van der Waals surface area contributed by atoms with Crippen molar-refractivity contribution >= 4 is 5.91 Å². The van der Waals surface area contributed by atoms with Gasteiger partial charge in [0.15, 0.2) is 12.5 Å². The third-order valence-corrected chi connectivity index (χ3v) is 4.09. The number of aliphatic hydroxyl groups is 1. The van der Waals surface area contributed by atoms with E-state index in [0.29, 0.717) is 0 Å². The third kappa shape index (κ3) is 2.47. The molecule has 1 aromatic carbocycles.